The molecule has 0 aromatic heterocycles. The maximum atomic E-state index is 10.7. The number of hydrogen-bond acceptors (Lipinski definition) is 3. The molecule has 0 aliphatic rings. The predicted octanol–water partition coefficient (Wildman–Crippen LogP) is 2.00. The van der Waals surface area contributed by atoms with Gasteiger partial charge in [-0.3, -0.25) is 9.59 Å². The fourth-order valence-corrected chi connectivity index (χ4v) is 1.18. The Labute approximate surface area is 79.5 Å². The molecule has 3 nitrogen and oxygen atoms in total. The largest absolute Gasteiger partial charge is 0.451 e. The lowest BCUT2D eigenvalue weighted by molar-refractivity contribution is -0.151. The molecule has 0 heterocycles. The van der Waals surface area contributed by atoms with Crippen molar-refractivity contribution in [3.63, 3.8) is 0 Å². The highest BCUT2D eigenvalue weighted by atomic mass is 16.6. The van der Waals surface area contributed by atoms with Gasteiger partial charge in [0.05, 0.1) is 0 Å². The lowest BCUT2D eigenvalue weighted by Gasteiger charge is -2.24. The molecule has 0 rings (SSSR count). The van der Waals surface area contributed by atoms with E-state index in [4.69, 9.17) is 4.74 Å². The number of carbonyl (C=O) groups is 1. The van der Waals surface area contributed by atoms with Crippen LogP contribution in [0, 0.1) is 0 Å². The number of rotatable bonds is 6. The highest BCUT2D eigenvalue weighted by molar-refractivity contribution is 5.73. The average molecular weight is 185 g/mol. The van der Waals surface area contributed by atoms with Crippen molar-refractivity contribution >= 4 is 12.3 Å². The minimum absolute atomic E-state index is 0.415. The molecule has 1 atom stereocenters. The van der Waals surface area contributed by atoms with Gasteiger partial charge < -0.3 is 4.74 Å². The summed E-state index contributed by atoms with van der Waals surface area (Å²) in [6.07, 6.45) is 4.76. The molecule has 1 radical (unpaired) electrons. The molecule has 0 aromatic carbocycles. The third-order valence-corrected chi connectivity index (χ3v) is 2.03. The van der Waals surface area contributed by atoms with Gasteiger partial charge in [0, 0.05) is 6.92 Å². The van der Waals surface area contributed by atoms with Crippen LogP contribution in [0.1, 0.15) is 46.5 Å². The molecule has 0 fully saturated rings. The van der Waals surface area contributed by atoms with Crippen molar-refractivity contribution in [1.82, 2.24) is 0 Å². The van der Waals surface area contributed by atoms with E-state index in [1.54, 1.807) is 0 Å². The predicted molar refractivity (Wildman–Crippen MR) is 50.0 cm³/mol. The van der Waals surface area contributed by atoms with Crippen molar-refractivity contribution < 1.29 is 14.3 Å². The Bertz CT molecular complexity index is 177. The topological polar surface area (TPSA) is 43.4 Å². The fraction of sp³-hybridized carbons (Fsp3) is 0.800. The zero-order chi connectivity index (χ0) is 10.3. The van der Waals surface area contributed by atoms with Crippen molar-refractivity contribution in [2.45, 2.75) is 52.1 Å². The van der Waals surface area contributed by atoms with E-state index < -0.39 is 11.6 Å². The third-order valence-electron chi connectivity index (χ3n) is 2.03. The van der Waals surface area contributed by atoms with Crippen LogP contribution in [0.15, 0.2) is 0 Å². The molecule has 75 valence electrons. The number of hydrogen-bond donors (Lipinski definition) is 0. The quantitative estimate of drug-likeness (QED) is 0.594. The maximum absolute atomic E-state index is 10.7. The molecule has 0 amide bonds. The van der Waals surface area contributed by atoms with Gasteiger partial charge in [0.15, 0.2) is 5.60 Å². The smallest absolute Gasteiger partial charge is 0.303 e. The summed E-state index contributed by atoms with van der Waals surface area (Å²) in [5.41, 5.74) is -0.998. The third kappa shape index (κ3) is 4.06. The van der Waals surface area contributed by atoms with Gasteiger partial charge in [0.1, 0.15) is 0 Å². The Hall–Kier alpha value is -0.860. The van der Waals surface area contributed by atoms with Crippen LogP contribution in [0.2, 0.25) is 0 Å². The van der Waals surface area contributed by atoms with Crippen LogP contribution in [0.4, 0.5) is 0 Å². The highest BCUT2D eigenvalue weighted by Crippen LogP contribution is 2.21. The molecule has 0 bridgehead atoms. The Balaban J connectivity index is 4.30. The van der Waals surface area contributed by atoms with Crippen molar-refractivity contribution in [3.8, 4) is 0 Å². The van der Waals surface area contributed by atoms with Gasteiger partial charge in [-0.1, -0.05) is 20.3 Å². The van der Waals surface area contributed by atoms with Crippen LogP contribution in [0.25, 0.3) is 0 Å². The minimum Gasteiger partial charge on any atom is -0.451 e. The fourth-order valence-electron chi connectivity index (χ4n) is 1.18. The van der Waals surface area contributed by atoms with E-state index in [1.165, 1.54) is 6.92 Å². The monoisotopic (exact) mass is 185 g/mol. The Morgan fingerprint density at radius 2 is 2.08 bits per heavy atom. The number of carbonyl (C=O) groups excluding carboxylic acids is 2. The molecule has 0 aliphatic heterocycles. The summed E-state index contributed by atoms with van der Waals surface area (Å²) in [5.74, 6) is -0.415. The summed E-state index contributed by atoms with van der Waals surface area (Å²) >= 11 is 0. The zero-order valence-electron chi connectivity index (χ0n) is 8.55. The standard InChI is InChI=1S/C10H17O3/c1-4-6-7-10(5-2,8-11)13-9(3)12/h4-7H2,1-3H3. The van der Waals surface area contributed by atoms with E-state index in [9.17, 15) is 9.59 Å². The highest BCUT2D eigenvalue weighted by Gasteiger charge is 2.31. The van der Waals surface area contributed by atoms with Crippen molar-refractivity contribution in [2.24, 2.45) is 0 Å². The van der Waals surface area contributed by atoms with Gasteiger partial charge in [-0.15, -0.1) is 0 Å². The summed E-state index contributed by atoms with van der Waals surface area (Å²) in [5, 5.41) is 0. The first-order valence-electron chi connectivity index (χ1n) is 4.69. The summed E-state index contributed by atoms with van der Waals surface area (Å²) < 4.78 is 4.98. The van der Waals surface area contributed by atoms with E-state index in [0.717, 1.165) is 12.8 Å². The van der Waals surface area contributed by atoms with Gasteiger partial charge >= 0.3 is 5.97 Å². The number of ether oxygens (including phenoxy) is 1. The molecular formula is C10H17O3. The molecule has 0 N–H and O–H groups in total. The van der Waals surface area contributed by atoms with Crippen molar-refractivity contribution in [1.29, 1.82) is 0 Å². The first-order chi connectivity index (χ1) is 6.10. The Morgan fingerprint density at radius 1 is 1.46 bits per heavy atom. The molecule has 0 aliphatic carbocycles. The Kier molecular flexibility index (Phi) is 5.35. The molecule has 0 aromatic rings. The summed E-state index contributed by atoms with van der Waals surface area (Å²) in [4.78, 5) is 21.4. The SMILES string of the molecule is CCCCC([C]=O)(CC)OC(C)=O. The van der Waals surface area contributed by atoms with Gasteiger partial charge in [-0.25, -0.2) is 0 Å². The van der Waals surface area contributed by atoms with Gasteiger partial charge in [0.2, 0.25) is 6.29 Å². The second kappa shape index (κ2) is 5.73. The van der Waals surface area contributed by atoms with Crippen LogP contribution in [-0.2, 0) is 14.3 Å². The van der Waals surface area contributed by atoms with E-state index in [2.05, 4.69) is 0 Å². The molecular weight excluding hydrogens is 168 g/mol. The van der Waals surface area contributed by atoms with Crippen molar-refractivity contribution in [2.75, 3.05) is 0 Å². The lowest BCUT2D eigenvalue weighted by Crippen LogP contribution is -2.35. The van der Waals surface area contributed by atoms with Gasteiger partial charge in [-0.2, -0.15) is 0 Å². The van der Waals surface area contributed by atoms with Gasteiger partial charge in [-0.05, 0) is 19.3 Å². The summed E-state index contributed by atoms with van der Waals surface area (Å²) in [7, 11) is 0. The second-order valence-electron chi connectivity index (χ2n) is 3.15. The number of unbranched alkanes of at least 4 members (excludes halogenated alkanes) is 1. The first-order valence-corrected chi connectivity index (χ1v) is 4.69. The molecule has 3 heteroatoms. The normalized spacial score (nSPS) is 14.7. The molecule has 0 saturated carbocycles. The van der Waals surface area contributed by atoms with Crippen LogP contribution in [-0.4, -0.2) is 17.9 Å². The van der Waals surface area contributed by atoms with Crippen LogP contribution in [0.5, 0.6) is 0 Å². The number of esters is 1. The zero-order valence-corrected chi connectivity index (χ0v) is 8.55. The van der Waals surface area contributed by atoms with E-state index in [0.29, 0.717) is 12.8 Å². The first kappa shape index (κ1) is 12.1. The summed E-state index contributed by atoms with van der Waals surface area (Å²) in [6.45, 7) is 5.16. The van der Waals surface area contributed by atoms with E-state index in [1.807, 2.05) is 20.1 Å². The summed E-state index contributed by atoms with van der Waals surface area (Å²) in [6, 6.07) is 0. The van der Waals surface area contributed by atoms with Crippen molar-refractivity contribution in [3.05, 3.63) is 0 Å². The molecule has 13 heavy (non-hydrogen) atoms. The van der Waals surface area contributed by atoms with E-state index in [-0.39, 0.29) is 0 Å². The maximum Gasteiger partial charge on any atom is 0.303 e. The Morgan fingerprint density at radius 3 is 2.38 bits per heavy atom. The van der Waals surface area contributed by atoms with Crippen LogP contribution < -0.4 is 0 Å². The minimum atomic E-state index is -0.998. The molecule has 1 unspecified atom stereocenters. The van der Waals surface area contributed by atoms with Crippen LogP contribution in [0.3, 0.4) is 0 Å². The molecule has 0 spiro atoms. The lowest BCUT2D eigenvalue weighted by atomic mass is 9.95. The van der Waals surface area contributed by atoms with Crippen LogP contribution >= 0.6 is 0 Å². The van der Waals surface area contributed by atoms with E-state index >= 15 is 0 Å². The van der Waals surface area contributed by atoms with Gasteiger partial charge in [0.25, 0.3) is 0 Å². The second-order valence-corrected chi connectivity index (χ2v) is 3.15. The molecule has 0 saturated heterocycles. The average Bonchev–Trinajstić information content (AvgIpc) is 2.12.